The molecule has 0 radical (unpaired) electrons. The van der Waals surface area contributed by atoms with Crippen LogP contribution in [0.1, 0.15) is 128 Å². The molecule has 0 amide bonds. The van der Waals surface area contributed by atoms with Crippen molar-refractivity contribution < 1.29 is 14.3 Å². The first-order chi connectivity index (χ1) is 17.2. The molecule has 0 saturated heterocycles. The van der Waals surface area contributed by atoms with E-state index in [2.05, 4.69) is 61.5 Å². The minimum Gasteiger partial charge on any atom is -0.384 e. The van der Waals surface area contributed by atoms with E-state index < -0.39 is 5.41 Å². The van der Waals surface area contributed by atoms with Gasteiger partial charge in [-0.05, 0) is 84.4 Å². The topological polar surface area (TPSA) is 67.2 Å². The molecule has 2 aliphatic carbocycles. The van der Waals surface area contributed by atoms with Gasteiger partial charge in [0, 0.05) is 18.9 Å². The van der Waals surface area contributed by atoms with Crippen molar-refractivity contribution in [2.75, 3.05) is 13.7 Å². The maximum absolute atomic E-state index is 13.2. The predicted molar refractivity (Wildman–Crippen MR) is 157 cm³/mol. The molecule has 0 bridgehead atoms. The first-order valence-electron chi connectivity index (χ1n) is 14.9. The Kier molecular flexibility index (Phi) is 9.64. The summed E-state index contributed by atoms with van der Waals surface area (Å²) in [5.74, 6) is 0.316. The van der Waals surface area contributed by atoms with E-state index in [1.807, 2.05) is 27.0 Å². The van der Waals surface area contributed by atoms with Gasteiger partial charge in [0.15, 0.2) is 5.78 Å². The summed E-state index contributed by atoms with van der Waals surface area (Å²) < 4.78 is 5.74. The van der Waals surface area contributed by atoms with E-state index in [-0.39, 0.29) is 50.6 Å². The number of allylic oxidation sites excluding steroid dienone is 2. The molecule has 216 valence electrons. The lowest BCUT2D eigenvalue weighted by molar-refractivity contribution is -0.156. The molecular weight excluding hydrogens is 470 g/mol. The van der Waals surface area contributed by atoms with Crippen LogP contribution in [0, 0.1) is 55.7 Å². The SMILES string of the molecule is CCC(C)(C)CC[C@@](C)(CCC(C)(C)[C@]1(C)CC[C@H]2C(C)(C)C(=O)C(C#N)=C[C@]2(C)[C@H]1CC(C)=O)COC. The minimum absolute atomic E-state index is 0.0391. The van der Waals surface area contributed by atoms with Crippen LogP contribution in [0.25, 0.3) is 0 Å². The maximum atomic E-state index is 13.2. The van der Waals surface area contributed by atoms with Gasteiger partial charge in [0.05, 0.1) is 12.2 Å². The molecule has 5 atom stereocenters. The summed E-state index contributed by atoms with van der Waals surface area (Å²) in [6, 6.07) is 2.21. The van der Waals surface area contributed by atoms with Crippen LogP contribution >= 0.6 is 0 Å². The summed E-state index contributed by atoms with van der Waals surface area (Å²) in [6.45, 7) is 25.2. The number of rotatable bonds is 12. The monoisotopic (exact) mass is 527 g/mol. The van der Waals surface area contributed by atoms with Gasteiger partial charge in [0.2, 0.25) is 0 Å². The highest BCUT2D eigenvalue weighted by molar-refractivity contribution is 6.04. The molecule has 0 N–H and O–H groups in total. The molecule has 0 aliphatic heterocycles. The van der Waals surface area contributed by atoms with Crippen molar-refractivity contribution in [3.05, 3.63) is 11.6 Å². The van der Waals surface area contributed by atoms with Gasteiger partial charge in [-0.25, -0.2) is 0 Å². The molecule has 0 heterocycles. The normalized spacial score (nSPS) is 31.1. The number of hydrogen-bond donors (Lipinski definition) is 0. The third-order valence-corrected chi connectivity index (χ3v) is 11.7. The first-order valence-corrected chi connectivity index (χ1v) is 14.9. The Hall–Kier alpha value is -1.47. The molecule has 4 nitrogen and oxygen atoms in total. The van der Waals surface area contributed by atoms with E-state index in [1.54, 1.807) is 6.92 Å². The molecule has 0 aromatic rings. The van der Waals surface area contributed by atoms with E-state index in [0.29, 0.717) is 11.8 Å². The van der Waals surface area contributed by atoms with E-state index in [9.17, 15) is 14.9 Å². The van der Waals surface area contributed by atoms with Crippen molar-refractivity contribution in [2.45, 2.75) is 128 Å². The van der Waals surface area contributed by atoms with Gasteiger partial charge in [0.1, 0.15) is 11.9 Å². The molecule has 0 aromatic carbocycles. The van der Waals surface area contributed by atoms with Crippen molar-refractivity contribution in [3.8, 4) is 6.07 Å². The Morgan fingerprint density at radius 1 is 1.08 bits per heavy atom. The number of ketones is 2. The van der Waals surface area contributed by atoms with Crippen molar-refractivity contribution in [1.82, 2.24) is 0 Å². The van der Waals surface area contributed by atoms with Gasteiger partial charge in [-0.2, -0.15) is 5.26 Å². The van der Waals surface area contributed by atoms with Gasteiger partial charge < -0.3 is 9.53 Å². The van der Waals surface area contributed by atoms with Crippen LogP contribution in [0.4, 0.5) is 0 Å². The summed E-state index contributed by atoms with van der Waals surface area (Å²) in [5.41, 5.74) is -0.463. The summed E-state index contributed by atoms with van der Waals surface area (Å²) >= 11 is 0. The lowest BCUT2D eigenvalue weighted by Gasteiger charge is -2.64. The van der Waals surface area contributed by atoms with Crippen molar-refractivity contribution in [1.29, 1.82) is 5.26 Å². The Morgan fingerprint density at radius 2 is 1.66 bits per heavy atom. The largest absolute Gasteiger partial charge is 0.384 e. The van der Waals surface area contributed by atoms with Gasteiger partial charge in [-0.15, -0.1) is 0 Å². The Morgan fingerprint density at radius 3 is 2.16 bits per heavy atom. The quantitative estimate of drug-likeness (QED) is 0.254. The number of ether oxygens (including phenoxy) is 1. The second kappa shape index (κ2) is 11.2. The molecule has 0 aromatic heterocycles. The second-order valence-corrected chi connectivity index (χ2v) is 15.7. The predicted octanol–water partition coefficient (Wildman–Crippen LogP) is 8.74. The Bertz CT molecular complexity index is 967. The third kappa shape index (κ3) is 6.14. The number of hydrogen-bond acceptors (Lipinski definition) is 4. The maximum Gasteiger partial charge on any atom is 0.178 e. The van der Waals surface area contributed by atoms with E-state index in [4.69, 9.17) is 4.74 Å². The van der Waals surface area contributed by atoms with Crippen LogP contribution in [-0.2, 0) is 14.3 Å². The van der Waals surface area contributed by atoms with Crippen LogP contribution in [0.5, 0.6) is 0 Å². The summed E-state index contributed by atoms with van der Waals surface area (Å²) in [4.78, 5) is 26.0. The molecule has 1 fully saturated rings. The zero-order valence-corrected chi connectivity index (χ0v) is 26.8. The number of methoxy groups -OCH3 is 1. The number of carbonyl (C=O) groups excluding carboxylic acids is 2. The van der Waals surface area contributed by atoms with E-state index >= 15 is 0 Å². The lowest BCUT2D eigenvalue weighted by Crippen LogP contribution is -2.60. The second-order valence-electron chi connectivity index (χ2n) is 15.7. The Labute approximate surface area is 234 Å². The fourth-order valence-corrected chi connectivity index (χ4v) is 8.04. The first kappa shape index (κ1) is 32.7. The molecule has 2 aliphatic rings. The van der Waals surface area contributed by atoms with Crippen LogP contribution in [0.2, 0.25) is 0 Å². The highest BCUT2D eigenvalue weighted by Gasteiger charge is 2.63. The summed E-state index contributed by atoms with van der Waals surface area (Å²) in [5, 5.41) is 9.89. The van der Waals surface area contributed by atoms with Gasteiger partial charge >= 0.3 is 0 Å². The highest BCUT2D eigenvalue weighted by Crippen LogP contribution is 2.68. The molecule has 38 heavy (non-hydrogen) atoms. The van der Waals surface area contributed by atoms with Crippen LogP contribution in [0.3, 0.4) is 0 Å². The van der Waals surface area contributed by atoms with Crippen LogP contribution in [-0.4, -0.2) is 25.3 Å². The number of nitriles is 1. The number of carbonyl (C=O) groups is 2. The molecule has 0 spiro atoms. The average Bonchev–Trinajstić information content (AvgIpc) is 2.81. The zero-order chi connectivity index (χ0) is 29.4. The van der Waals surface area contributed by atoms with Crippen LogP contribution in [0.15, 0.2) is 11.6 Å². The summed E-state index contributed by atoms with van der Waals surface area (Å²) in [6.07, 6.45) is 9.95. The van der Waals surface area contributed by atoms with Crippen molar-refractivity contribution in [3.63, 3.8) is 0 Å². The smallest absolute Gasteiger partial charge is 0.178 e. The fraction of sp³-hybridized carbons (Fsp3) is 0.853. The van der Waals surface area contributed by atoms with Gasteiger partial charge in [-0.3, -0.25) is 4.79 Å². The highest BCUT2D eigenvalue weighted by atomic mass is 16.5. The van der Waals surface area contributed by atoms with Crippen molar-refractivity contribution in [2.24, 2.45) is 44.3 Å². The molecule has 4 heteroatoms. The van der Waals surface area contributed by atoms with Gasteiger partial charge in [-0.1, -0.05) is 81.7 Å². The number of fused-ring (bicyclic) bond motifs is 1. The van der Waals surface area contributed by atoms with E-state index in [0.717, 1.165) is 38.7 Å². The minimum atomic E-state index is -0.613. The number of nitrogens with zero attached hydrogens (tertiary/aromatic N) is 1. The Balaban J connectivity index is 2.48. The average molecular weight is 528 g/mol. The lowest BCUT2D eigenvalue weighted by atomic mass is 9.39. The molecular formula is C34H57NO3. The zero-order valence-electron chi connectivity index (χ0n) is 26.8. The third-order valence-electron chi connectivity index (χ3n) is 11.7. The van der Waals surface area contributed by atoms with E-state index in [1.165, 1.54) is 12.8 Å². The van der Waals surface area contributed by atoms with Crippen LogP contribution < -0.4 is 0 Å². The van der Waals surface area contributed by atoms with Gasteiger partial charge in [0.25, 0.3) is 0 Å². The van der Waals surface area contributed by atoms with Crippen molar-refractivity contribution >= 4 is 11.6 Å². The molecule has 2 rings (SSSR count). The fourth-order valence-electron chi connectivity index (χ4n) is 8.04. The summed E-state index contributed by atoms with van der Waals surface area (Å²) in [7, 11) is 1.81. The number of Topliss-reactive ketones (excluding diaryl/α,β-unsaturated/α-hetero) is 2. The molecule has 0 unspecified atom stereocenters. The standard InChI is InChI=1S/C34H57NO3/c1-13-29(3,4)16-18-32(9,23-38-12)19-17-30(5,6)34(11)15-14-26-31(7,8)28(37)25(22-35)21-33(26,10)27(34)20-24(2)36/h21,26-27H,13-20,23H2,1-12H3/t26-,27+,32-,33-,34+/m0/s1. The molecule has 1 saturated carbocycles.